The van der Waals surface area contributed by atoms with E-state index in [4.69, 9.17) is 28.4 Å². The molecule has 1 amide bonds. The van der Waals surface area contributed by atoms with Gasteiger partial charge in [0.25, 0.3) is 0 Å². The van der Waals surface area contributed by atoms with Gasteiger partial charge in [-0.3, -0.25) is 4.79 Å². The van der Waals surface area contributed by atoms with Gasteiger partial charge in [0.15, 0.2) is 18.9 Å². The van der Waals surface area contributed by atoms with Gasteiger partial charge in [-0.1, -0.05) is 287 Å². The van der Waals surface area contributed by atoms with Crippen molar-refractivity contribution < 1.29 is 89.4 Å². The number of carbonyl (C=O) groups excluding carboxylic acids is 1. The van der Waals surface area contributed by atoms with Gasteiger partial charge in [0.2, 0.25) is 5.91 Å². The summed E-state index contributed by atoms with van der Waals surface area (Å²) in [6.45, 7) is 1.59. The molecule has 3 aliphatic rings. The Labute approximate surface area is 631 Å². The first kappa shape index (κ1) is 94.6. The molecule has 0 aromatic heterocycles. The van der Waals surface area contributed by atoms with Crippen LogP contribution in [0.4, 0.5) is 0 Å². The number of nitrogens with one attached hydrogen (secondary N) is 1. The van der Waals surface area contributed by atoms with E-state index in [1.165, 1.54) is 103 Å². The predicted molar refractivity (Wildman–Crippen MR) is 419 cm³/mol. The summed E-state index contributed by atoms with van der Waals surface area (Å²) >= 11 is 0. The molecule has 3 rings (SSSR count). The van der Waals surface area contributed by atoms with Crippen LogP contribution in [0.25, 0.3) is 0 Å². The van der Waals surface area contributed by atoms with Crippen LogP contribution in [-0.4, -0.2) is 193 Å². The van der Waals surface area contributed by atoms with E-state index >= 15 is 0 Å². The van der Waals surface area contributed by atoms with E-state index in [2.05, 4.69) is 165 Å². The van der Waals surface area contributed by atoms with Gasteiger partial charge in [-0.15, -0.1) is 0 Å². The van der Waals surface area contributed by atoms with Crippen LogP contribution in [0.2, 0.25) is 0 Å². The quantitative estimate of drug-likeness (QED) is 0.0199. The van der Waals surface area contributed by atoms with Crippen LogP contribution in [0.5, 0.6) is 0 Å². The Morgan fingerprint density at radius 3 is 1.03 bits per heavy atom. The van der Waals surface area contributed by atoms with Crippen molar-refractivity contribution in [2.24, 2.45) is 0 Å². The molecule has 17 atom stereocenters. The van der Waals surface area contributed by atoms with Crippen LogP contribution >= 0.6 is 0 Å². The molecule has 0 aliphatic carbocycles. The molecule has 3 heterocycles. The van der Waals surface area contributed by atoms with E-state index in [1.807, 2.05) is 6.08 Å². The van der Waals surface area contributed by atoms with Crippen molar-refractivity contribution in [2.45, 2.75) is 349 Å². The van der Waals surface area contributed by atoms with Gasteiger partial charge < -0.3 is 89.9 Å². The summed E-state index contributed by atoms with van der Waals surface area (Å²) in [4.78, 5) is 13.5. The standard InChI is InChI=1S/C86H141NO18/c1-3-5-7-9-11-13-15-17-19-21-23-25-26-27-28-29-30-31-32-33-34-35-36-37-38-39-40-41-42-44-46-48-50-52-54-56-58-60-62-64-74(92)87-69(70(91)63-61-59-57-55-53-51-49-47-45-43-24-22-20-18-16-14-12-10-8-6-4-2)68-100-84-80(98)77(95)82(72(66-89)102-84)105-86-81(99)78(96)83(73(67-90)103-86)104-85-79(97)76(94)75(93)71(65-88)101-85/h5,7,11,13,17,19,23,25,27-28,30-31,33-34,36-37,39-40,42,44,48,50,54,56,61,63,69-73,75-86,88-91,93-99H,3-4,6,8-10,12,14-16,18,20-22,24,26,29,32,35,38,41,43,45-47,49,51-53,55,57-60,62,64-68H2,1-2H3,(H,87,92)/b7-5-,13-11-,19-17-,25-23-,28-27-,31-30-,34-33-,37-36-,40-39-,44-42-,50-48-,56-54-,63-61+. The summed E-state index contributed by atoms with van der Waals surface area (Å²) in [6, 6.07) is -1.01. The van der Waals surface area contributed by atoms with E-state index in [0.29, 0.717) is 6.42 Å². The summed E-state index contributed by atoms with van der Waals surface area (Å²) in [7, 11) is 0. The van der Waals surface area contributed by atoms with Crippen LogP contribution < -0.4 is 5.32 Å². The third-order valence-electron chi connectivity index (χ3n) is 18.8. The molecule has 19 nitrogen and oxygen atoms in total. The van der Waals surface area contributed by atoms with Crippen molar-refractivity contribution in [1.82, 2.24) is 5.32 Å². The number of ether oxygens (including phenoxy) is 6. The number of aliphatic hydroxyl groups excluding tert-OH is 11. The second-order valence-corrected chi connectivity index (χ2v) is 27.8. The zero-order valence-corrected chi connectivity index (χ0v) is 63.9. The average molecular weight is 1480 g/mol. The van der Waals surface area contributed by atoms with Crippen LogP contribution in [0.1, 0.15) is 245 Å². The molecule has 0 saturated carbocycles. The van der Waals surface area contributed by atoms with Crippen LogP contribution in [0, 0.1) is 0 Å². The van der Waals surface area contributed by atoms with Crippen LogP contribution in [0.15, 0.2) is 158 Å². The zero-order chi connectivity index (χ0) is 76.0. The minimum atomic E-state index is -1.99. The number of amides is 1. The Kier molecular flexibility index (Phi) is 57.9. The maximum absolute atomic E-state index is 13.5. The second-order valence-electron chi connectivity index (χ2n) is 27.8. The first-order valence-electron chi connectivity index (χ1n) is 40.2. The lowest BCUT2D eigenvalue weighted by atomic mass is 9.96. The average Bonchev–Trinajstić information content (AvgIpc) is 0.780. The predicted octanol–water partition coefficient (Wildman–Crippen LogP) is 13.6. The lowest BCUT2D eigenvalue weighted by Gasteiger charge is -2.48. The first-order chi connectivity index (χ1) is 51.3. The molecule has 19 heteroatoms. The largest absolute Gasteiger partial charge is 0.394 e. The molecular weight excluding hydrogens is 1330 g/mol. The van der Waals surface area contributed by atoms with Crippen molar-refractivity contribution in [3.63, 3.8) is 0 Å². The highest BCUT2D eigenvalue weighted by Gasteiger charge is 2.54. The number of hydrogen-bond acceptors (Lipinski definition) is 18. The highest BCUT2D eigenvalue weighted by atomic mass is 16.8. The first-order valence-corrected chi connectivity index (χ1v) is 40.2. The number of unbranched alkanes of at least 4 members (excludes halogenated alkanes) is 21. The molecule has 598 valence electrons. The molecular formula is C86H141NO18. The summed E-state index contributed by atoms with van der Waals surface area (Å²) in [5.41, 5.74) is 0. The normalized spacial score (nSPS) is 26.7. The maximum Gasteiger partial charge on any atom is 0.220 e. The topological polar surface area (TPSA) is 307 Å². The van der Waals surface area contributed by atoms with Gasteiger partial charge in [0.05, 0.1) is 38.6 Å². The lowest BCUT2D eigenvalue weighted by molar-refractivity contribution is -0.379. The molecule has 0 aromatic carbocycles. The molecule has 12 N–H and O–H groups in total. The molecule has 3 fully saturated rings. The molecule has 105 heavy (non-hydrogen) atoms. The fourth-order valence-corrected chi connectivity index (χ4v) is 12.4. The van der Waals surface area contributed by atoms with Crippen molar-refractivity contribution in [3.05, 3.63) is 158 Å². The molecule has 17 unspecified atom stereocenters. The molecule has 0 aromatic rings. The Bertz CT molecular complexity index is 2520. The minimum Gasteiger partial charge on any atom is -0.394 e. The Hall–Kier alpha value is -4.59. The van der Waals surface area contributed by atoms with E-state index in [0.717, 1.165) is 116 Å². The van der Waals surface area contributed by atoms with E-state index in [-0.39, 0.29) is 18.9 Å². The number of carbonyl (C=O) groups is 1. The maximum atomic E-state index is 13.5. The van der Waals surface area contributed by atoms with Crippen molar-refractivity contribution in [1.29, 1.82) is 0 Å². The van der Waals surface area contributed by atoms with Crippen molar-refractivity contribution >= 4 is 5.91 Å². The lowest BCUT2D eigenvalue weighted by Crippen LogP contribution is -2.66. The van der Waals surface area contributed by atoms with E-state index in [9.17, 15) is 61.0 Å². The van der Waals surface area contributed by atoms with Crippen LogP contribution in [0.3, 0.4) is 0 Å². The van der Waals surface area contributed by atoms with Crippen molar-refractivity contribution in [2.75, 3.05) is 26.4 Å². The van der Waals surface area contributed by atoms with Gasteiger partial charge in [-0.25, -0.2) is 0 Å². The van der Waals surface area contributed by atoms with Crippen LogP contribution in [-0.2, 0) is 33.2 Å². The molecule has 0 radical (unpaired) electrons. The summed E-state index contributed by atoms with van der Waals surface area (Å²) < 4.78 is 34.4. The van der Waals surface area contributed by atoms with Gasteiger partial charge >= 0.3 is 0 Å². The number of rotatable bonds is 61. The van der Waals surface area contributed by atoms with Gasteiger partial charge in [0.1, 0.15) is 73.2 Å². The number of aliphatic hydroxyl groups is 11. The third kappa shape index (κ3) is 44.0. The molecule has 0 spiro atoms. The van der Waals surface area contributed by atoms with Gasteiger partial charge in [-0.05, 0) is 109 Å². The number of hydrogen-bond donors (Lipinski definition) is 12. The van der Waals surface area contributed by atoms with Crippen molar-refractivity contribution in [3.8, 4) is 0 Å². The SMILES string of the molecule is CC/C=C\C/C=C\C/C=C\C/C=C\C/C=C\C/C=C\C/C=C\C/C=C\C/C=C\C/C=C\C/C=C\C/C=C\CCCCC(=O)NC(COC1OC(CO)C(OC2OC(CO)C(OC3OC(CO)C(O)C(O)C3O)C(O)C2O)C(O)C1O)C(O)/C=C/CCCCCCCCCCCCCCCCCCCCC. The number of allylic oxidation sites excluding steroid dienone is 25. The third-order valence-corrected chi connectivity index (χ3v) is 18.8. The summed E-state index contributed by atoms with van der Waals surface area (Å²) in [5, 5.41) is 121. The fraction of sp³-hybridized carbons (Fsp3) is 0.686. The Morgan fingerprint density at radius 2 is 0.657 bits per heavy atom. The second kappa shape index (κ2) is 64.3. The Balaban J connectivity index is 1.39. The van der Waals surface area contributed by atoms with Gasteiger partial charge in [-0.2, -0.15) is 0 Å². The molecule has 0 bridgehead atoms. The zero-order valence-electron chi connectivity index (χ0n) is 63.9. The monoisotopic (exact) mass is 1480 g/mol. The highest BCUT2D eigenvalue weighted by Crippen LogP contribution is 2.33. The van der Waals surface area contributed by atoms with E-state index < -0.39 is 124 Å². The van der Waals surface area contributed by atoms with E-state index in [1.54, 1.807) is 6.08 Å². The highest BCUT2D eigenvalue weighted by molar-refractivity contribution is 5.76. The Morgan fingerprint density at radius 1 is 0.352 bits per heavy atom. The van der Waals surface area contributed by atoms with Gasteiger partial charge in [0, 0.05) is 6.42 Å². The summed E-state index contributed by atoms with van der Waals surface area (Å²) in [5.74, 6) is -0.323. The molecule has 3 saturated heterocycles. The fourth-order valence-electron chi connectivity index (χ4n) is 12.4. The molecule has 3 aliphatic heterocycles. The minimum absolute atomic E-state index is 0.178. The summed E-state index contributed by atoms with van der Waals surface area (Å²) in [6.07, 6.45) is 67.9. The smallest absolute Gasteiger partial charge is 0.220 e.